The minimum Gasteiger partial charge on any atom is -0.352 e. The number of nitrogens with zero attached hydrogens (tertiary/aromatic N) is 4. The summed E-state index contributed by atoms with van der Waals surface area (Å²) in [6, 6.07) is 0.485. The van der Waals surface area contributed by atoms with Crippen molar-refractivity contribution in [2.75, 3.05) is 31.6 Å². The molecular weight excluding hydrogens is 247 g/mol. The first-order chi connectivity index (χ1) is 7.58. The molecule has 0 N–H and O–H groups in total. The molecule has 1 unspecified atom stereocenters. The van der Waals surface area contributed by atoms with Crippen LogP contribution in [-0.4, -0.2) is 47.6 Å². The SMILES string of the molecule is CC1CN(c2nc(Cl)ncc2Cl)CCN1C. The van der Waals surface area contributed by atoms with Gasteiger partial charge in [0.2, 0.25) is 5.28 Å². The molecule has 1 aliphatic rings. The zero-order valence-electron chi connectivity index (χ0n) is 9.32. The zero-order valence-corrected chi connectivity index (χ0v) is 10.8. The van der Waals surface area contributed by atoms with Crippen LogP contribution in [0.3, 0.4) is 0 Å². The first-order valence-electron chi connectivity index (χ1n) is 5.21. The van der Waals surface area contributed by atoms with E-state index in [1.807, 2.05) is 0 Å². The Morgan fingerprint density at radius 1 is 1.38 bits per heavy atom. The highest BCUT2D eigenvalue weighted by Crippen LogP contribution is 2.25. The van der Waals surface area contributed by atoms with Gasteiger partial charge in [-0.15, -0.1) is 0 Å². The van der Waals surface area contributed by atoms with E-state index in [1.54, 1.807) is 6.20 Å². The smallest absolute Gasteiger partial charge is 0.224 e. The largest absolute Gasteiger partial charge is 0.352 e. The molecule has 2 rings (SSSR count). The zero-order chi connectivity index (χ0) is 11.7. The van der Waals surface area contributed by atoms with Crippen molar-refractivity contribution in [3.05, 3.63) is 16.5 Å². The summed E-state index contributed by atoms with van der Waals surface area (Å²) < 4.78 is 0. The number of hydrogen-bond donors (Lipinski definition) is 0. The first-order valence-corrected chi connectivity index (χ1v) is 5.96. The normalized spacial score (nSPS) is 22.5. The van der Waals surface area contributed by atoms with Crippen molar-refractivity contribution < 1.29 is 0 Å². The maximum Gasteiger partial charge on any atom is 0.224 e. The summed E-state index contributed by atoms with van der Waals surface area (Å²) in [6.07, 6.45) is 1.55. The average molecular weight is 261 g/mol. The van der Waals surface area contributed by atoms with Crippen LogP contribution in [0.4, 0.5) is 5.82 Å². The topological polar surface area (TPSA) is 32.3 Å². The van der Waals surface area contributed by atoms with E-state index < -0.39 is 0 Å². The van der Waals surface area contributed by atoms with Crippen LogP contribution in [0.25, 0.3) is 0 Å². The standard InChI is InChI=1S/C10H14Cl2N4/c1-7-6-16(4-3-15(7)2)9-8(11)5-13-10(12)14-9/h5,7H,3-4,6H2,1-2H3. The van der Waals surface area contributed by atoms with Gasteiger partial charge in [-0.2, -0.15) is 4.98 Å². The van der Waals surface area contributed by atoms with Crippen LogP contribution in [0.5, 0.6) is 0 Å². The third-order valence-corrected chi connectivity index (χ3v) is 3.40. The van der Waals surface area contributed by atoms with E-state index in [4.69, 9.17) is 23.2 Å². The third-order valence-electron chi connectivity index (χ3n) is 2.96. The number of halogens is 2. The monoisotopic (exact) mass is 260 g/mol. The molecule has 0 radical (unpaired) electrons. The summed E-state index contributed by atoms with van der Waals surface area (Å²) in [7, 11) is 2.12. The third kappa shape index (κ3) is 2.39. The molecule has 0 aromatic carbocycles. The van der Waals surface area contributed by atoms with Gasteiger partial charge in [-0.05, 0) is 25.6 Å². The quantitative estimate of drug-likeness (QED) is 0.723. The molecule has 1 fully saturated rings. The second-order valence-electron chi connectivity index (χ2n) is 4.09. The van der Waals surface area contributed by atoms with Crippen LogP contribution in [-0.2, 0) is 0 Å². The lowest BCUT2D eigenvalue weighted by molar-refractivity contribution is 0.233. The van der Waals surface area contributed by atoms with E-state index in [-0.39, 0.29) is 5.28 Å². The van der Waals surface area contributed by atoms with E-state index in [9.17, 15) is 0 Å². The van der Waals surface area contributed by atoms with Crippen LogP contribution < -0.4 is 4.90 Å². The van der Waals surface area contributed by atoms with Gasteiger partial charge in [0.15, 0.2) is 5.82 Å². The van der Waals surface area contributed by atoms with Crippen LogP contribution in [0.15, 0.2) is 6.20 Å². The summed E-state index contributed by atoms with van der Waals surface area (Å²) in [6.45, 7) is 5.00. The van der Waals surface area contributed by atoms with Gasteiger partial charge in [0.25, 0.3) is 0 Å². The number of rotatable bonds is 1. The summed E-state index contributed by atoms with van der Waals surface area (Å²) >= 11 is 11.9. The molecule has 1 aromatic heterocycles. The molecule has 1 atom stereocenters. The van der Waals surface area contributed by atoms with Crippen LogP contribution in [0, 0.1) is 0 Å². The van der Waals surface area contributed by atoms with Crippen molar-refractivity contribution in [2.24, 2.45) is 0 Å². The average Bonchev–Trinajstić information content (AvgIpc) is 2.26. The molecule has 6 heteroatoms. The molecule has 88 valence electrons. The van der Waals surface area contributed by atoms with Gasteiger partial charge in [-0.1, -0.05) is 11.6 Å². The van der Waals surface area contributed by atoms with Gasteiger partial charge in [0, 0.05) is 25.7 Å². The fourth-order valence-electron chi connectivity index (χ4n) is 1.80. The minimum atomic E-state index is 0.242. The van der Waals surface area contributed by atoms with Gasteiger partial charge in [0.1, 0.15) is 5.02 Å². The van der Waals surface area contributed by atoms with E-state index >= 15 is 0 Å². The highest BCUT2D eigenvalue weighted by molar-refractivity contribution is 6.33. The van der Waals surface area contributed by atoms with Crippen molar-refractivity contribution in [1.29, 1.82) is 0 Å². The molecule has 0 spiro atoms. The van der Waals surface area contributed by atoms with Crippen LogP contribution in [0.2, 0.25) is 10.3 Å². The number of anilines is 1. The lowest BCUT2D eigenvalue weighted by Crippen LogP contribution is -2.50. The molecule has 1 aromatic rings. The Labute approximate surface area is 105 Å². The van der Waals surface area contributed by atoms with E-state index in [1.165, 1.54) is 0 Å². The first kappa shape index (κ1) is 11.9. The minimum absolute atomic E-state index is 0.242. The molecule has 16 heavy (non-hydrogen) atoms. The molecule has 1 saturated heterocycles. The van der Waals surface area contributed by atoms with Crippen molar-refractivity contribution in [1.82, 2.24) is 14.9 Å². The fraction of sp³-hybridized carbons (Fsp3) is 0.600. The Hall–Kier alpha value is -0.580. The van der Waals surface area contributed by atoms with Gasteiger partial charge >= 0.3 is 0 Å². The molecule has 1 aliphatic heterocycles. The molecule has 0 amide bonds. The number of piperazine rings is 1. The summed E-state index contributed by atoms with van der Waals surface area (Å²) in [5.41, 5.74) is 0. The molecule has 2 heterocycles. The fourth-order valence-corrected chi connectivity index (χ4v) is 2.14. The van der Waals surface area contributed by atoms with Crippen molar-refractivity contribution >= 4 is 29.0 Å². The Kier molecular flexibility index (Phi) is 3.52. The second kappa shape index (κ2) is 4.73. The highest BCUT2D eigenvalue weighted by atomic mass is 35.5. The lowest BCUT2D eigenvalue weighted by Gasteiger charge is -2.38. The molecular formula is C10H14Cl2N4. The number of hydrogen-bond acceptors (Lipinski definition) is 4. The van der Waals surface area contributed by atoms with Gasteiger partial charge in [-0.3, -0.25) is 0 Å². The van der Waals surface area contributed by atoms with E-state index in [2.05, 4.69) is 33.7 Å². The summed E-state index contributed by atoms with van der Waals surface area (Å²) in [4.78, 5) is 12.5. The molecule has 0 bridgehead atoms. The number of aromatic nitrogens is 2. The van der Waals surface area contributed by atoms with Crippen LogP contribution in [0.1, 0.15) is 6.92 Å². The molecule has 4 nitrogen and oxygen atoms in total. The van der Waals surface area contributed by atoms with Crippen molar-refractivity contribution in [3.63, 3.8) is 0 Å². The Morgan fingerprint density at radius 2 is 2.12 bits per heavy atom. The second-order valence-corrected chi connectivity index (χ2v) is 4.83. The highest BCUT2D eigenvalue weighted by Gasteiger charge is 2.23. The lowest BCUT2D eigenvalue weighted by atomic mass is 10.2. The Bertz CT molecular complexity index is 385. The Balaban J connectivity index is 2.21. The maximum absolute atomic E-state index is 6.07. The van der Waals surface area contributed by atoms with Crippen LogP contribution >= 0.6 is 23.2 Å². The van der Waals surface area contributed by atoms with E-state index in [0.29, 0.717) is 11.1 Å². The van der Waals surface area contributed by atoms with Gasteiger partial charge in [0.05, 0.1) is 6.20 Å². The number of likely N-dealkylation sites (N-methyl/N-ethyl adjacent to an activating group) is 1. The Morgan fingerprint density at radius 3 is 2.81 bits per heavy atom. The summed E-state index contributed by atoms with van der Waals surface area (Å²) in [5, 5.41) is 0.798. The summed E-state index contributed by atoms with van der Waals surface area (Å²) in [5.74, 6) is 0.738. The van der Waals surface area contributed by atoms with E-state index in [0.717, 1.165) is 25.5 Å². The predicted molar refractivity (Wildman–Crippen MR) is 66.4 cm³/mol. The van der Waals surface area contributed by atoms with Gasteiger partial charge in [-0.25, -0.2) is 4.98 Å². The maximum atomic E-state index is 6.07. The molecule has 0 saturated carbocycles. The predicted octanol–water partition coefficient (Wildman–Crippen LogP) is 1.92. The van der Waals surface area contributed by atoms with Crippen molar-refractivity contribution in [2.45, 2.75) is 13.0 Å². The van der Waals surface area contributed by atoms with Gasteiger partial charge < -0.3 is 9.80 Å². The van der Waals surface area contributed by atoms with Crippen molar-refractivity contribution in [3.8, 4) is 0 Å². The molecule has 0 aliphatic carbocycles.